The molecule has 0 saturated carbocycles. The Morgan fingerprint density at radius 2 is 1.48 bits per heavy atom. The van der Waals surface area contributed by atoms with Gasteiger partial charge in [-0.2, -0.15) is 0 Å². The summed E-state index contributed by atoms with van der Waals surface area (Å²) < 4.78 is 21.4. The fourth-order valence-electron chi connectivity index (χ4n) is 3.77. The van der Waals surface area contributed by atoms with Crippen molar-refractivity contribution in [2.45, 2.75) is 38.7 Å². The summed E-state index contributed by atoms with van der Waals surface area (Å²) in [7, 11) is 0. The number of hydrogen-bond donors (Lipinski definition) is 1. The van der Waals surface area contributed by atoms with Gasteiger partial charge in [0.25, 0.3) is 0 Å². The van der Waals surface area contributed by atoms with E-state index in [-0.39, 0.29) is 25.1 Å². The van der Waals surface area contributed by atoms with Crippen molar-refractivity contribution in [3.05, 3.63) is 59.7 Å². The molecule has 1 aliphatic carbocycles. The first-order valence-corrected chi connectivity index (χ1v) is 11.3. The first-order chi connectivity index (χ1) is 15.8. The molecule has 178 valence electrons. The highest BCUT2D eigenvalue weighted by molar-refractivity contribution is 5.79. The zero-order chi connectivity index (χ0) is 23.7. The van der Waals surface area contributed by atoms with Crippen LogP contribution in [0.5, 0.6) is 0 Å². The predicted molar refractivity (Wildman–Crippen MR) is 125 cm³/mol. The third kappa shape index (κ3) is 7.58. The second-order valence-electron chi connectivity index (χ2n) is 8.86. The first kappa shape index (κ1) is 24.7. The predicted octanol–water partition coefficient (Wildman–Crippen LogP) is 4.29. The topological polar surface area (TPSA) is 83.1 Å². The molecule has 0 radical (unpaired) electrons. The molecule has 1 amide bonds. The van der Waals surface area contributed by atoms with Crippen LogP contribution in [0.1, 0.15) is 44.2 Å². The number of amides is 1. The Balaban J connectivity index is 1.26. The molecular weight excluding hydrogens is 422 g/mol. The van der Waals surface area contributed by atoms with Crippen molar-refractivity contribution in [2.24, 2.45) is 0 Å². The molecule has 0 saturated heterocycles. The van der Waals surface area contributed by atoms with Crippen molar-refractivity contribution in [1.29, 1.82) is 0 Å². The van der Waals surface area contributed by atoms with E-state index in [0.29, 0.717) is 32.8 Å². The molecule has 0 spiro atoms. The van der Waals surface area contributed by atoms with E-state index in [0.717, 1.165) is 0 Å². The Morgan fingerprint density at radius 1 is 0.879 bits per heavy atom. The van der Waals surface area contributed by atoms with Gasteiger partial charge in [-0.25, -0.2) is 9.59 Å². The van der Waals surface area contributed by atoms with Gasteiger partial charge in [-0.15, -0.1) is 0 Å². The standard InChI is InChI=1S/C26H33NO6/c1-26(2,3)33-24(28)18-31-15-8-14-30-16-13-27-25(29)32-17-23-21-11-6-4-9-19(21)20-10-5-7-12-22(20)23/h4-7,9-12,23H,8,13-18H2,1-3H3,(H,27,29). The summed E-state index contributed by atoms with van der Waals surface area (Å²) in [6, 6.07) is 16.5. The Labute approximate surface area is 195 Å². The molecule has 1 N–H and O–H groups in total. The van der Waals surface area contributed by atoms with Crippen LogP contribution in [0.4, 0.5) is 4.79 Å². The summed E-state index contributed by atoms with van der Waals surface area (Å²) in [5, 5.41) is 2.71. The van der Waals surface area contributed by atoms with Crippen molar-refractivity contribution in [2.75, 3.05) is 39.6 Å². The number of carbonyl (C=O) groups is 2. The van der Waals surface area contributed by atoms with E-state index in [1.54, 1.807) is 0 Å². The van der Waals surface area contributed by atoms with Gasteiger partial charge in [0.1, 0.15) is 18.8 Å². The fraction of sp³-hybridized carbons (Fsp3) is 0.462. The zero-order valence-corrected chi connectivity index (χ0v) is 19.6. The molecule has 0 fully saturated rings. The molecule has 0 aliphatic heterocycles. The minimum atomic E-state index is -0.510. The van der Waals surface area contributed by atoms with Crippen LogP contribution in [0, 0.1) is 0 Å². The zero-order valence-electron chi connectivity index (χ0n) is 19.6. The van der Waals surface area contributed by atoms with Gasteiger partial charge in [0.15, 0.2) is 0 Å². The minimum absolute atomic E-state index is 0.0417. The van der Waals surface area contributed by atoms with Gasteiger partial charge in [0.2, 0.25) is 0 Å². The van der Waals surface area contributed by atoms with Crippen LogP contribution in [0.25, 0.3) is 11.1 Å². The number of carbonyl (C=O) groups excluding carboxylic acids is 2. The Kier molecular flexibility index (Phi) is 8.86. The second kappa shape index (κ2) is 11.8. The number of benzene rings is 2. The van der Waals surface area contributed by atoms with E-state index in [1.807, 2.05) is 45.0 Å². The molecule has 0 heterocycles. The molecule has 2 aromatic carbocycles. The number of fused-ring (bicyclic) bond motifs is 3. The molecular formula is C26H33NO6. The summed E-state index contributed by atoms with van der Waals surface area (Å²) in [5.74, 6) is -0.337. The summed E-state index contributed by atoms with van der Waals surface area (Å²) in [4.78, 5) is 23.6. The van der Waals surface area contributed by atoms with E-state index in [1.165, 1.54) is 22.3 Å². The Morgan fingerprint density at radius 3 is 2.12 bits per heavy atom. The molecule has 3 rings (SSSR count). The molecule has 33 heavy (non-hydrogen) atoms. The van der Waals surface area contributed by atoms with Gasteiger partial charge in [-0.1, -0.05) is 48.5 Å². The van der Waals surface area contributed by atoms with Crippen LogP contribution in [0.15, 0.2) is 48.5 Å². The van der Waals surface area contributed by atoms with E-state index in [4.69, 9.17) is 18.9 Å². The number of nitrogens with one attached hydrogen (secondary N) is 1. The van der Waals surface area contributed by atoms with Gasteiger partial charge in [-0.05, 0) is 49.4 Å². The van der Waals surface area contributed by atoms with Crippen LogP contribution in [0.3, 0.4) is 0 Å². The lowest BCUT2D eigenvalue weighted by molar-refractivity contribution is -0.160. The molecule has 2 aromatic rings. The van der Waals surface area contributed by atoms with Crippen LogP contribution in [-0.4, -0.2) is 57.2 Å². The fourth-order valence-corrected chi connectivity index (χ4v) is 3.77. The third-order valence-corrected chi connectivity index (χ3v) is 5.08. The van der Waals surface area contributed by atoms with Crippen LogP contribution < -0.4 is 5.32 Å². The van der Waals surface area contributed by atoms with E-state index in [9.17, 15) is 9.59 Å². The number of alkyl carbamates (subject to hydrolysis) is 1. The van der Waals surface area contributed by atoms with Crippen molar-refractivity contribution in [3.8, 4) is 11.1 Å². The summed E-state index contributed by atoms with van der Waals surface area (Å²) in [6.45, 7) is 7.27. The van der Waals surface area contributed by atoms with Crippen LogP contribution in [0.2, 0.25) is 0 Å². The Bertz CT molecular complexity index is 891. The second-order valence-corrected chi connectivity index (χ2v) is 8.86. The van der Waals surface area contributed by atoms with Gasteiger partial charge in [0, 0.05) is 25.7 Å². The smallest absolute Gasteiger partial charge is 0.407 e. The average molecular weight is 456 g/mol. The molecule has 0 unspecified atom stereocenters. The van der Waals surface area contributed by atoms with Crippen molar-refractivity contribution in [1.82, 2.24) is 5.32 Å². The SMILES string of the molecule is CC(C)(C)OC(=O)COCCCOCCNC(=O)OCC1c2ccccc2-c2ccccc21. The molecule has 0 bridgehead atoms. The van der Waals surface area contributed by atoms with Gasteiger partial charge in [0.05, 0.1) is 6.61 Å². The normalized spacial score (nSPS) is 12.7. The highest BCUT2D eigenvalue weighted by Crippen LogP contribution is 2.44. The van der Waals surface area contributed by atoms with Crippen molar-refractivity contribution in [3.63, 3.8) is 0 Å². The van der Waals surface area contributed by atoms with Crippen LogP contribution in [-0.2, 0) is 23.7 Å². The molecule has 0 aromatic heterocycles. The highest BCUT2D eigenvalue weighted by Gasteiger charge is 2.28. The molecule has 1 aliphatic rings. The molecule has 7 nitrogen and oxygen atoms in total. The maximum absolute atomic E-state index is 12.1. The van der Waals surface area contributed by atoms with Crippen LogP contribution >= 0.6 is 0 Å². The largest absolute Gasteiger partial charge is 0.458 e. The summed E-state index contributed by atoms with van der Waals surface area (Å²) in [5.41, 5.74) is 4.26. The molecule has 7 heteroatoms. The monoisotopic (exact) mass is 455 g/mol. The lowest BCUT2D eigenvalue weighted by Gasteiger charge is -2.19. The van der Waals surface area contributed by atoms with E-state index >= 15 is 0 Å². The average Bonchev–Trinajstić information content (AvgIpc) is 3.09. The van der Waals surface area contributed by atoms with Crippen molar-refractivity contribution >= 4 is 12.1 Å². The van der Waals surface area contributed by atoms with Crippen molar-refractivity contribution < 1.29 is 28.5 Å². The maximum Gasteiger partial charge on any atom is 0.407 e. The quantitative estimate of drug-likeness (QED) is 0.402. The van der Waals surface area contributed by atoms with Gasteiger partial charge < -0.3 is 24.3 Å². The van der Waals surface area contributed by atoms with E-state index in [2.05, 4.69) is 29.6 Å². The first-order valence-electron chi connectivity index (χ1n) is 11.3. The molecule has 0 atom stereocenters. The lowest BCUT2D eigenvalue weighted by Crippen LogP contribution is -2.29. The van der Waals surface area contributed by atoms with Gasteiger partial charge >= 0.3 is 12.1 Å². The highest BCUT2D eigenvalue weighted by atomic mass is 16.6. The van der Waals surface area contributed by atoms with Gasteiger partial charge in [-0.3, -0.25) is 0 Å². The number of rotatable bonds is 11. The summed E-state index contributed by atoms with van der Waals surface area (Å²) in [6.07, 6.45) is 0.189. The maximum atomic E-state index is 12.1. The van der Waals surface area contributed by atoms with E-state index < -0.39 is 11.7 Å². The lowest BCUT2D eigenvalue weighted by atomic mass is 9.98. The minimum Gasteiger partial charge on any atom is -0.458 e. The Hall–Kier alpha value is -2.90. The summed E-state index contributed by atoms with van der Waals surface area (Å²) >= 11 is 0. The third-order valence-electron chi connectivity index (χ3n) is 5.08. The number of ether oxygens (including phenoxy) is 4. The number of hydrogen-bond acceptors (Lipinski definition) is 6. The number of esters is 1.